The number of rotatable bonds is 8. The van der Waals surface area contributed by atoms with Crippen LogP contribution in [-0.2, 0) is 29.2 Å². The van der Waals surface area contributed by atoms with Gasteiger partial charge in [-0.1, -0.05) is 60.7 Å². The van der Waals surface area contributed by atoms with Crippen LogP contribution in [0.3, 0.4) is 0 Å². The van der Waals surface area contributed by atoms with Crippen molar-refractivity contribution in [2.45, 2.75) is 38.6 Å². The van der Waals surface area contributed by atoms with Crippen molar-refractivity contribution in [1.29, 1.82) is 0 Å². The minimum absolute atomic E-state index is 0.0276. The lowest BCUT2D eigenvalue weighted by atomic mass is 10.2. The van der Waals surface area contributed by atoms with Crippen LogP contribution in [0.5, 0.6) is 0 Å². The predicted octanol–water partition coefficient (Wildman–Crippen LogP) is 1.75. The molecule has 0 radical (unpaired) electrons. The van der Waals surface area contributed by atoms with E-state index >= 15 is 0 Å². The molecule has 0 saturated carbocycles. The van der Waals surface area contributed by atoms with Crippen molar-refractivity contribution in [3.05, 3.63) is 99.0 Å². The van der Waals surface area contributed by atoms with Crippen LogP contribution < -0.4 is 16.6 Å². The largest absolute Gasteiger partial charge is 0.376 e. The van der Waals surface area contributed by atoms with Gasteiger partial charge in [-0.15, -0.1) is 0 Å². The van der Waals surface area contributed by atoms with Crippen molar-refractivity contribution in [2.75, 3.05) is 13.2 Å². The van der Waals surface area contributed by atoms with Crippen LogP contribution in [0.1, 0.15) is 24.0 Å². The molecule has 0 aliphatic carbocycles. The van der Waals surface area contributed by atoms with Crippen molar-refractivity contribution in [1.82, 2.24) is 24.0 Å². The molecular formula is C26H27N5O4. The molecule has 1 atom stereocenters. The SMILES string of the molecule is O=C(Cn1c(=O)c2c(ncn2Cc2ccccc2)n(Cc2ccccc2)c1=O)NC[C@H]1CCCO1. The molecule has 180 valence electrons. The van der Waals surface area contributed by atoms with Gasteiger partial charge in [0, 0.05) is 19.7 Å². The minimum atomic E-state index is -0.566. The molecule has 1 saturated heterocycles. The van der Waals surface area contributed by atoms with Gasteiger partial charge in [0.2, 0.25) is 5.91 Å². The lowest BCUT2D eigenvalue weighted by Crippen LogP contribution is -2.45. The second-order valence-electron chi connectivity index (χ2n) is 8.72. The predicted molar refractivity (Wildman–Crippen MR) is 131 cm³/mol. The summed E-state index contributed by atoms with van der Waals surface area (Å²) >= 11 is 0. The maximum absolute atomic E-state index is 13.5. The molecule has 5 rings (SSSR count). The number of fused-ring (bicyclic) bond motifs is 1. The normalized spacial score (nSPS) is 15.5. The zero-order valence-electron chi connectivity index (χ0n) is 19.3. The van der Waals surface area contributed by atoms with Crippen molar-refractivity contribution in [3.8, 4) is 0 Å². The lowest BCUT2D eigenvalue weighted by Gasteiger charge is -2.14. The second kappa shape index (κ2) is 10.1. The third-order valence-electron chi connectivity index (χ3n) is 6.22. The molecule has 2 aromatic heterocycles. The first-order chi connectivity index (χ1) is 17.1. The summed E-state index contributed by atoms with van der Waals surface area (Å²) in [6, 6.07) is 19.2. The van der Waals surface area contributed by atoms with Crippen molar-refractivity contribution >= 4 is 17.1 Å². The molecule has 0 spiro atoms. The summed E-state index contributed by atoms with van der Waals surface area (Å²) < 4.78 is 9.73. The monoisotopic (exact) mass is 473 g/mol. The number of nitrogens with one attached hydrogen (secondary N) is 1. The molecule has 1 aliphatic heterocycles. The molecule has 1 N–H and O–H groups in total. The summed E-state index contributed by atoms with van der Waals surface area (Å²) in [5.74, 6) is -0.403. The lowest BCUT2D eigenvalue weighted by molar-refractivity contribution is -0.122. The number of ether oxygens (including phenoxy) is 1. The van der Waals surface area contributed by atoms with Gasteiger partial charge in [0.1, 0.15) is 6.54 Å². The molecule has 0 bridgehead atoms. The minimum Gasteiger partial charge on any atom is -0.376 e. The fourth-order valence-corrected chi connectivity index (χ4v) is 4.42. The smallest absolute Gasteiger partial charge is 0.333 e. The van der Waals surface area contributed by atoms with Crippen molar-refractivity contribution in [2.24, 2.45) is 0 Å². The maximum atomic E-state index is 13.5. The first-order valence-corrected chi connectivity index (χ1v) is 11.7. The van der Waals surface area contributed by atoms with Gasteiger partial charge in [0.05, 0.1) is 19.0 Å². The van der Waals surface area contributed by atoms with E-state index in [4.69, 9.17) is 4.74 Å². The average Bonchev–Trinajstić information content (AvgIpc) is 3.55. The zero-order valence-corrected chi connectivity index (χ0v) is 19.3. The Hall–Kier alpha value is -3.98. The van der Waals surface area contributed by atoms with Gasteiger partial charge < -0.3 is 14.6 Å². The number of hydrogen-bond acceptors (Lipinski definition) is 5. The Labute approximate surface area is 201 Å². The van der Waals surface area contributed by atoms with Crippen LogP contribution in [0.25, 0.3) is 11.2 Å². The quantitative estimate of drug-likeness (QED) is 0.420. The van der Waals surface area contributed by atoms with E-state index in [1.165, 1.54) is 4.57 Å². The summed E-state index contributed by atoms with van der Waals surface area (Å²) in [4.78, 5) is 44.1. The highest BCUT2D eigenvalue weighted by atomic mass is 16.5. The molecule has 2 aromatic carbocycles. The molecular weight excluding hydrogens is 446 g/mol. The number of amides is 1. The zero-order chi connectivity index (χ0) is 24.2. The van der Waals surface area contributed by atoms with E-state index in [2.05, 4.69) is 10.3 Å². The van der Waals surface area contributed by atoms with E-state index in [-0.39, 0.29) is 24.7 Å². The van der Waals surface area contributed by atoms with Crippen molar-refractivity contribution in [3.63, 3.8) is 0 Å². The number of aromatic nitrogens is 4. The third kappa shape index (κ3) is 4.95. The second-order valence-corrected chi connectivity index (χ2v) is 8.72. The number of nitrogens with zero attached hydrogens (tertiary/aromatic N) is 4. The summed E-state index contributed by atoms with van der Waals surface area (Å²) in [6.45, 7) is 1.33. The van der Waals surface area contributed by atoms with Gasteiger partial charge >= 0.3 is 5.69 Å². The number of benzene rings is 2. The highest BCUT2D eigenvalue weighted by Gasteiger charge is 2.21. The Morgan fingerprint density at radius 2 is 1.66 bits per heavy atom. The maximum Gasteiger partial charge on any atom is 0.333 e. The van der Waals surface area contributed by atoms with Gasteiger partial charge in [0.15, 0.2) is 11.2 Å². The number of hydrogen-bond donors (Lipinski definition) is 1. The van der Waals surface area contributed by atoms with E-state index in [0.29, 0.717) is 25.3 Å². The Morgan fingerprint density at radius 1 is 0.971 bits per heavy atom. The Kier molecular flexibility index (Phi) is 6.58. The third-order valence-corrected chi connectivity index (χ3v) is 6.22. The highest BCUT2D eigenvalue weighted by molar-refractivity contribution is 5.76. The van der Waals surface area contributed by atoms with Crippen LogP contribution in [0, 0.1) is 0 Å². The van der Waals surface area contributed by atoms with Gasteiger partial charge in [0.25, 0.3) is 5.56 Å². The van der Waals surface area contributed by atoms with E-state index < -0.39 is 17.2 Å². The van der Waals surface area contributed by atoms with Crippen LogP contribution in [0.4, 0.5) is 0 Å². The Bertz CT molecular complexity index is 1430. The first kappa shape index (κ1) is 22.8. The summed E-state index contributed by atoms with van der Waals surface area (Å²) in [5, 5.41) is 2.80. The van der Waals surface area contributed by atoms with E-state index in [1.807, 2.05) is 60.7 Å². The fraction of sp³-hybridized carbons (Fsp3) is 0.308. The van der Waals surface area contributed by atoms with Gasteiger partial charge in [-0.2, -0.15) is 0 Å². The molecule has 9 nitrogen and oxygen atoms in total. The molecule has 3 heterocycles. The molecule has 1 fully saturated rings. The van der Waals surface area contributed by atoms with Gasteiger partial charge in [-0.3, -0.25) is 14.2 Å². The van der Waals surface area contributed by atoms with E-state index in [9.17, 15) is 14.4 Å². The van der Waals surface area contributed by atoms with Crippen LogP contribution in [0.15, 0.2) is 76.6 Å². The topological polar surface area (TPSA) is 100 Å². The van der Waals surface area contributed by atoms with Crippen molar-refractivity contribution < 1.29 is 9.53 Å². The molecule has 35 heavy (non-hydrogen) atoms. The van der Waals surface area contributed by atoms with E-state index in [1.54, 1.807) is 10.9 Å². The number of imidazole rings is 1. The average molecular weight is 474 g/mol. The van der Waals surface area contributed by atoms with Crippen LogP contribution >= 0.6 is 0 Å². The standard InChI is InChI=1S/C26H27N5O4/c32-22(27-14-21-12-7-13-35-21)17-31-25(33)23-24(28-18-29(23)15-19-8-3-1-4-9-19)30(26(31)34)16-20-10-5-2-6-11-20/h1-6,8-11,18,21H,7,12-17H2,(H,27,32)/t21-/m1/s1. The van der Waals surface area contributed by atoms with Gasteiger partial charge in [-0.05, 0) is 24.0 Å². The molecule has 0 unspecified atom stereocenters. The van der Waals surface area contributed by atoms with E-state index in [0.717, 1.165) is 28.5 Å². The Morgan fingerprint density at radius 3 is 2.31 bits per heavy atom. The van der Waals surface area contributed by atoms with Crippen LogP contribution in [-0.4, -0.2) is 43.8 Å². The summed E-state index contributed by atoms with van der Waals surface area (Å²) in [6.07, 6.45) is 3.39. The Balaban J connectivity index is 1.54. The summed E-state index contributed by atoms with van der Waals surface area (Å²) in [7, 11) is 0. The first-order valence-electron chi connectivity index (χ1n) is 11.7. The number of carbonyl (C=O) groups excluding carboxylic acids is 1. The fourth-order valence-electron chi connectivity index (χ4n) is 4.42. The molecule has 9 heteroatoms. The summed E-state index contributed by atoms with van der Waals surface area (Å²) in [5.41, 5.74) is 1.38. The highest BCUT2D eigenvalue weighted by Crippen LogP contribution is 2.13. The van der Waals surface area contributed by atoms with Gasteiger partial charge in [-0.25, -0.2) is 14.3 Å². The van der Waals surface area contributed by atoms with Crippen LogP contribution in [0.2, 0.25) is 0 Å². The molecule has 1 aliphatic rings. The molecule has 1 amide bonds. The number of carbonyl (C=O) groups is 1. The molecule has 4 aromatic rings.